The van der Waals surface area contributed by atoms with Crippen LogP contribution in [0.15, 0.2) is 27.8 Å². The molecule has 2 aromatic heterocycles. The third-order valence-electron chi connectivity index (χ3n) is 4.53. The Morgan fingerprint density at radius 2 is 1.88 bits per heavy atom. The molecule has 0 saturated carbocycles. The van der Waals surface area contributed by atoms with Crippen LogP contribution in [0.5, 0.6) is 5.75 Å². The van der Waals surface area contributed by atoms with Crippen molar-refractivity contribution < 1.29 is 45.8 Å². The third-order valence-corrected chi connectivity index (χ3v) is 6.60. The number of carboxylic acids is 1. The fraction of sp³-hybridized carbons (Fsp3) is 0.263. The number of aliphatic carboxylic acids is 1. The number of thioether (sulfide) groups is 1. The Hall–Kier alpha value is -2.67. The number of thiophene rings is 1. The molecule has 0 aliphatic rings. The molecule has 13 heteroatoms. The van der Waals surface area contributed by atoms with E-state index in [1.165, 1.54) is 26.2 Å². The molecule has 0 aliphatic heterocycles. The second-order valence-electron chi connectivity index (χ2n) is 6.52. The number of carbonyl (C=O) groups is 2. The first-order valence-corrected chi connectivity index (χ1v) is 10.3. The maximum atomic E-state index is 14.9. The normalized spacial score (nSPS) is 12.4. The van der Waals surface area contributed by atoms with Gasteiger partial charge in [-0.25, -0.2) is 4.39 Å². The van der Waals surface area contributed by atoms with Crippen LogP contribution >= 0.6 is 23.1 Å². The van der Waals surface area contributed by atoms with Crippen molar-refractivity contribution in [1.29, 1.82) is 0 Å². The van der Waals surface area contributed by atoms with Gasteiger partial charge in [-0.2, -0.15) is 22.0 Å². The van der Waals surface area contributed by atoms with Crippen molar-refractivity contribution in [3.63, 3.8) is 0 Å². The number of fused-ring (bicyclic) bond motifs is 1. The van der Waals surface area contributed by atoms with Crippen LogP contribution in [0.3, 0.4) is 0 Å². The summed E-state index contributed by atoms with van der Waals surface area (Å²) in [4.78, 5) is 24.4. The summed E-state index contributed by atoms with van der Waals surface area (Å²) >= 11 is -0.226. The molecule has 0 aliphatic carbocycles. The van der Waals surface area contributed by atoms with Crippen molar-refractivity contribution in [2.75, 3.05) is 7.11 Å². The number of methoxy groups -OCH3 is 1. The highest BCUT2D eigenvalue weighted by Gasteiger charge is 2.58. The molecule has 32 heavy (non-hydrogen) atoms. The van der Waals surface area contributed by atoms with E-state index in [-0.39, 0.29) is 33.5 Å². The molecular formula is C19H13F6NO4S2. The minimum absolute atomic E-state index is 0.00285. The number of halogens is 6. The molecule has 0 saturated heterocycles. The number of hydrogen-bond acceptors (Lipinski definition) is 5. The van der Waals surface area contributed by atoms with E-state index < -0.39 is 51.5 Å². The molecule has 0 radical (unpaired) electrons. The standard InChI is InChI=1S/C19H13F6NO4S2/c1-8-10(6-13(27)28)15-11(3-4-12(30-2)16(15)20)26(8)17(29)9-5-14(31-7-9)32-19(24,25)18(21,22)23/h3-5,7H,6H2,1-2H3,(H,27,28). The number of rotatable bonds is 6. The van der Waals surface area contributed by atoms with Gasteiger partial charge in [0.05, 0.1) is 28.8 Å². The molecule has 1 N–H and O–H groups in total. The minimum atomic E-state index is -5.78. The quantitative estimate of drug-likeness (QED) is 0.349. The summed E-state index contributed by atoms with van der Waals surface area (Å²) in [6, 6.07) is 3.43. The van der Waals surface area contributed by atoms with Crippen molar-refractivity contribution >= 4 is 45.9 Å². The van der Waals surface area contributed by atoms with Crippen molar-refractivity contribution in [1.82, 2.24) is 4.57 Å². The molecule has 0 spiro atoms. The van der Waals surface area contributed by atoms with E-state index in [0.29, 0.717) is 11.3 Å². The van der Waals surface area contributed by atoms with Gasteiger partial charge in [-0.05, 0) is 42.4 Å². The van der Waals surface area contributed by atoms with Gasteiger partial charge >= 0.3 is 17.4 Å². The highest BCUT2D eigenvalue weighted by Crippen LogP contribution is 2.49. The number of alkyl halides is 5. The summed E-state index contributed by atoms with van der Waals surface area (Å²) in [5.74, 6) is -3.20. The molecule has 3 aromatic rings. The molecule has 0 unspecified atom stereocenters. The Labute approximate surface area is 184 Å². The van der Waals surface area contributed by atoms with E-state index in [1.807, 2.05) is 0 Å². The summed E-state index contributed by atoms with van der Waals surface area (Å²) in [5.41, 5.74) is -0.122. The summed E-state index contributed by atoms with van der Waals surface area (Å²) in [6.07, 6.45) is -6.39. The van der Waals surface area contributed by atoms with Gasteiger partial charge in [0.1, 0.15) is 0 Å². The van der Waals surface area contributed by atoms with E-state index in [0.717, 1.165) is 16.0 Å². The Morgan fingerprint density at radius 1 is 1.22 bits per heavy atom. The van der Waals surface area contributed by atoms with Gasteiger partial charge in [0.15, 0.2) is 11.6 Å². The predicted molar refractivity (Wildman–Crippen MR) is 105 cm³/mol. The smallest absolute Gasteiger partial charge is 0.464 e. The number of nitrogens with zero attached hydrogens (tertiary/aromatic N) is 1. The fourth-order valence-electron chi connectivity index (χ4n) is 3.10. The van der Waals surface area contributed by atoms with E-state index in [4.69, 9.17) is 4.74 Å². The maximum Gasteiger partial charge on any atom is 0.464 e. The average molecular weight is 497 g/mol. The van der Waals surface area contributed by atoms with Gasteiger partial charge < -0.3 is 9.84 Å². The molecule has 1 aromatic carbocycles. The molecule has 5 nitrogen and oxygen atoms in total. The fourth-order valence-corrected chi connectivity index (χ4v) is 4.91. The summed E-state index contributed by atoms with van der Waals surface area (Å²) in [7, 11) is 1.21. The van der Waals surface area contributed by atoms with Crippen LogP contribution in [-0.4, -0.2) is 40.1 Å². The molecule has 0 atom stereocenters. The number of ether oxygens (including phenoxy) is 1. The monoisotopic (exact) mass is 497 g/mol. The van der Waals surface area contributed by atoms with Crippen LogP contribution in [-0.2, 0) is 11.2 Å². The lowest BCUT2D eigenvalue weighted by Gasteiger charge is -2.17. The lowest BCUT2D eigenvalue weighted by atomic mass is 10.1. The zero-order valence-corrected chi connectivity index (χ0v) is 17.9. The van der Waals surface area contributed by atoms with Crippen molar-refractivity contribution in [2.45, 2.75) is 29.0 Å². The molecule has 172 valence electrons. The SMILES string of the molecule is COc1ccc2c(c1F)c(CC(=O)O)c(C)n2C(=O)c1csc(SC(F)(F)C(F)(F)F)c1. The first kappa shape index (κ1) is 24.0. The number of carboxylic acid groups (broad SMARTS) is 1. The average Bonchev–Trinajstić information content (AvgIpc) is 3.23. The van der Waals surface area contributed by atoms with Gasteiger partial charge in [-0.3, -0.25) is 14.2 Å². The van der Waals surface area contributed by atoms with Crippen LogP contribution in [0.2, 0.25) is 0 Å². The van der Waals surface area contributed by atoms with E-state index in [9.17, 15) is 41.0 Å². The highest BCUT2D eigenvalue weighted by molar-refractivity contribution is 8.02. The van der Waals surface area contributed by atoms with Crippen molar-refractivity contribution in [3.8, 4) is 5.75 Å². The summed E-state index contributed by atoms with van der Waals surface area (Å²) < 4.78 is 84.3. The number of aromatic nitrogens is 1. The van der Waals surface area contributed by atoms with Gasteiger partial charge in [0.2, 0.25) is 0 Å². The predicted octanol–water partition coefficient (Wildman–Crippen LogP) is 5.72. The number of carbonyl (C=O) groups excluding carboxylic acids is 1. The molecular weight excluding hydrogens is 484 g/mol. The highest BCUT2D eigenvalue weighted by atomic mass is 32.2. The lowest BCUT2D eigenvalue weighted by molar-refractivity contribution is -0.237. The van der Waals surface area contributed by atoms with Crippen LogP contribution < -0.4 is 4.74 Å². The Balaban J connectivity index is 2.10. The first-order chi connectivity index (χ1) is 14.8. The van der Waals surface area contributed by atoms with E-state index in [2.05, 4.69) is 0 Å². The Kier molecular flexibility index (Phi) is 6.26. The van der Waals surface area contributed by atoms with Gasteiger partial charge in [0, 0.05) is 16.5 Å². The molecule has 2 heterocycles. The number of hydrogen-bond donors (Lipinski definition) is 1. The zero-order chi connectivity index (χ0) is 24.0. The van der Waals surface area contributed by atoms with Crippen molar-refractivity contribution in [3.05, 3.63) is 46.2 Å². The summed E-state index contributed by atoms with van der Waals surface area (Å²) in [6.45, 7) is 1.38. The van der Waals surface area contributed by atoms with Crippen LogP contribution in [0.25, 0.3) is 10.9 Å². The van der Waals surface area contributed by atoms with Crippen LogP contribution in [0.1, 0.15) is 21.6 Å². The minimum Gasteiger partial charge on any atom is -0.494 e. The van der Waals surface area contributed by atoms with Crippen LogP contribution in [0, 0.1) is 12.7 Å². The van der Waals surface area contributed by atoms with Crippen LogP contribution in [0.4, 0.5) is 26.3 Å². The molecule has 3 rings (SSSR count). The topological polar surface area (TPSA) is 68.5 Å². The zero-order valence-electron chi connectivity index (χ0n) is 16.2. The van der Waals surface area contributed by atoms with Crippen molar-refractivity contribution in [2.24, 2.45) is 0 Å². The van der Waals surface area contributed by atoms with E-state index >= 15 is 0 Å². The molecule has 0 bridgehead atoms. The van der Waals surface area contributed by atoms with Gasteiger partial charge in [-0.1, -0.05) is 0 Å². The first-order valence-electron chi connectivity index (χ1n) is 8.63. The van der Waals surface area contributed by atoms with Gasteiger partial charge in [-0.15, -0.1) is 11.3 Å². The third kappa shape index (κ3) is 4.18. The Morgan fingerprint density at radius 3 is 2.44 bits per heavy atom. The molecule has 0 fully saturated rings. The second kappa shape index (κ2) is 8.35. The Bertz CT molecular complexity index is 1210. The van der Waals surface area contributed by atoms with E-state index in [1.54, 1.807) is 0 Å². The van der Waals surface area contributed by atoms with Gasteiger partial charge in [0.25, 0.3) is 5.91 Å². The maximum absolute atomic E-state index is 14.9. The lowest BCUT2D eigenvalue weighted by Crippen LogP contribution is -2.32. The number of benzene rings is 1. The largest absolute Gasteiger partial charge is 0.494 e. The molecule has 0 amide bonds. The summed E-state index contributed by atoms with van der Waals surface area (Å²) in [5, 5.41) is 5.08. The second-order valence-corrected chi connectivity index (χ2v) is 8.85.